The molecule has 0 fully saturated rings. The number of terminal acetylenes is 1. The van der Waals surface area contributed by atoms with Gasteiger partial charge < -0.3 is 5.32 Å². The van der Waals surface area contributed by atoms with Crippen molar-refractivity contribution in [2.24, 2.45) is 5.11 Å². The van der Waals surface area contributed by atoms with Crippen molar-refractivity contribution in [2.75, 3.05) is 6.54 Å². The van der Waals surface area contributed by atoms with Crippen molar-refractivity contribution < 1.29 is 4.79 Å². The van der Waals surface area contributed by atoms with Crippen LogP contribution in [0.1, 0.15) is 6.92 Å². The van der Waals surface area contributed by atoms with Crippen molar-refractivity contribution in [3.63, 3.8) is 0 Å². The summed E-state index contributed by atoms with van der Waals surface area (Å²) in [4.78, 5) is 13.3. The third-order valence-corrected chi connectivity index (χ3v) is 0.969. The minimum absolute atomic E-state index is 0.157. The number of nitrogens with zero attached hydrogens (tertiary/aromatic N) is 3. The second-order valence-electron chi connectivity index (χ2n) is 1.80. The minimum Gasteiger partial charge on any atom is -0.345 e. The van der Waals surface area contributed by atoms with Gasteiger partial charge >= 0.3 is 0 Å². The summed E-state index contributed by atoms with van der Waals surface area (Å²) in [5.41, 5.74) is 7.95. The first kappa shape index (κ1) is 9.34. The van der Waals surface area contributed by atoms with Crippen LogP contribution in [0, 0.1) is 12.3 Å². The molecule has 0 heterocycles. The number of hydrogen-bond acceptors (Lipinski definition) is 2. The largest absolute Gasteiger partial charge is 0.345 e. The molecule has 0 spiro atoms. The molecule has 0 saturated heterocycles. The van der Waals surface area contributed by atoms with Gasteiger partial charge in [0, 0.05) is 4.91 Å². The van der Waals surface area contributed by atoms with E-state index in [-0.39, 0.29) is 12.5 Å². The quantitative estimate of drug-likeness (QED) is 0.271. The van der Waals surface area contributed by atoms with Gasteiger partial charge in [0.25, 0.3) is 0 Å². The lowest BCUT2D eigenvalue weighted by atomic mass is 10.3. The molecule has 0 aromatic carbocycles. The Hall–Kier alpha value is -1.66. The van der Waals surface area contributed by atoms with E-state index < -0.39 is 6.04 Å². The molecule has 0 aromatic rings. The highest BCUT2D eigenvalue weighted by Crippen LogP contribution is 1.88. The van der Waals surface area contributed by atoms with Gasteiger partial charge in [-0.05, 0) is 12.5 Å². The maximum atomic E-state index is 10.8. The Morgan fingerprint density at radius 3 is 3.09 bits per heavy atom. The van der Waals surface area contributed by atoms with Gasteiger partial charge in [-0.3, -0.25) is 4.79 Å². The van der Waals surface area contributed by atoms with Crippen LogP contribution in [0.25, 0.3) is 10.4 Å². The topological polar surface area (TPSA) is 77.9 Å². The molecule has 11 heavy (non-hydrogen) atoms. The molecule has 0 bridgehead atoms. The molecule has 1 N–H and O–H groups in total. The van der Waals surface area contributed by atoms with Crippen molar-refractivity contribution in [1.82, 2.24) is 5.32 Å². The summed E-state index contributed by atoms with van der Waals surface area (Å²) in [5, 5.41) is 5.55. The highest BCUT2D eigenvalue weighted by molar-refractivity contribution is 5.81. The van der Waals surface area contributed by atoms with Gasteiger partial charge in [-0.2, -0.15) is 0 Å². The number of nitrogens with one attached hydrogen (secondary N) is 1. The van der Waals surface area contributed by atoms with Gasteiger partial charge in [-0.25, -0.2) is 0 Å². The smallest absolute Gasteiger partial charge is 0.229 e. The monoisotopic (exact) mass is 152 g/mol. The first-order valence-corrected chi connectivity index (χ1v) is 2.97. The SMILES string of the molecule is C#CCNC(=O)[C@H](C)N=[N+]=[N-]. The Balaban J connectivity index is 3.85. The van der Waals surface area contributed by atoms with Crippen LogP contribution in [0.4, 0.5) is 0 Å². The maximum absolute atomic E-state index is 10.8. The standard InChI is InChI=1S/C6H8N4O/c1-3-4-8-6(11)5(2)9-10-7/h1,5H,4H2,2H3,(H,8,11)/t5-/m0/s1. The molecular weight excluding hydrogens is 144 g/mol. The number of amides is 1. The van der Waals surface area contributed by atoms with Crippen LogP contribution in [0.5, 0.6) is 0 Å². The summed E-state index contributed by atoms with van der Waals surface area (Å²) >= 11 is 0. The number of azide groups is 1. The van der Waals surface area contributed by atoms with Crippen LogP contribution in [0.15, 0.2) is 5.11 Å². The molecule has 0 rings (SSSR count). The van der Waals surface area contributed by atoms with E-state index in [1.165, 1.54) is 6.92 Å². The Kier molecular flexibility index (Phi) is 4.37. The van der Waals surface area contributed by atoms with Gasteiger partial charge in [0.2, 0.25) is 5.91 Å². The molecule has 0 unspecified atom stereocenters. The predicted octanol–water partition coefficient (Wildman–Crippen LogP) is 0.435. The fraction of sp³-hybridized carbons (Fsp3) is 0.500. The van der Waals surface area contributed by atoms with Crippen LogP contribution >= 0.6 is 0 Å². The summed E-state index contributed by atoms with van der Waals surface area (Å²) in [6.07, 6.45) is 4.88. The van der Waals surface area contributed by atoms with Crippen molar-refractivity contribution in [3.8, 4) is 12.3 Å². The fourth-order valence-corrected chi connectivity index (χ4v) is 0.416. The number of carbonyl (C=O) groups is 1. The van der Waals surface area contributed by atoms with Gasteiger partial charge in [-0.1, -0.05) is 11.0 Å². The Labute approximate surface area is 64.4 Å². The zero-order valence-corrected chi connectivity index (χ0v) is 6.11. The minimum atomic E-state index is -0.701. The van der Waals surface area contributed by atoms with E-state index in [1.54, 1.807) is 0 Å². The molecule has 0 radical (unpaired) electrons. The molecule has 0 aromatic heterocycles. The summed E-state index contributed by atoms with van der Waals surface area (Å²) in [7, 11) is 0. The van der Waals surface area contributed by atoms with Crippen molar-refractivity contribution in [2.45, 2.75) is 13.0 Å². The third-order valence-electron chi connectivity index (χ3n) is 0.969. The van der Waals surface area contributed by atoms with Gasteiger partial charge in [0.1, 0.15) is 6.04 Å². The molecule has 0 aliphatic heterocycles. The predicted molar refractivity (Wildman–Crippen MR) is 40.5 cm³/mol. The molecule has 1 amide bonds. The zero-order chi connectivity index (χ0) is 8.69. The van der Waals surface area contributed by atoms with Crippen LogP contribution in [0.2, 0.25) is 0 Å². The average molecular weight is 152 g/mol. The van der Waals surface area contributed by atoms with Crippen LogP contribution in [-0.2, 0) is 4.79 Å². The second-order valence-corrected chi connectivity index (χ2v) is 1.80. The Morgan fingerprint density at radius 2 is 2.64 bits per heavy atom. The van der Waals surface area contributed by atoms with E-state index in [2.05, 4.69) is 21.3 Å². The third kappa shape index (κ3) is 3.84. The molecule has 0 aliphatic carbocycles. The Bertz CT molecular complexity index is 223. The lowest BCUT2D eigenvalue weighted by Gasteiger charge is -2.02. The lowest BCUT2D eigenvalue weighted by Crippen LogP contribution is -2.31. The van der Waals surface area contributed by atoms with Crippen molar-refractivity contribution in [1.29, 1.82) is 0 Å². The van der Waals surface area contributed by atoms with Gasteiger partial charge in [0.05, 0.1) is 6.54 Å². The zero-order valence-electron chi connectivity index (χ0n) is 6.11. The molecule has 5 heteroatoms. The normalized spacial score (nSPS) is 10.5. The van der Waals surface area contributed by atoms with Gasteiger partial charge in [-0.15, -0.1) is 6.42 Å². The average Bonchev–Trinajstić information content (AvgIpc) is 2.00. The highest BCUT2D eigenvalue weighted by Gasteiger charge is 2.07. The molecule has 0 aliphatic rings. The van der Waals surface area contributed by atoms with E-state index in [9.17, 15) is 4.79 Å². The van der Waals surface area contributed by atoms with Gasteiger partial charge in [0.15, 0.2) is 0 Å². The summed E-state index contributed by atoms with van der Waals surface area (Å²) in [5.74, 6) is 1.87. The van der Waals surface area contributed by atoms with E-state index in [1.807, 2.05) is 0 Å². The number of carbonyl (C=O) groups excluding carboxylic acids is 1. The van der Waals surface area contributed by atoms with Crippen LogP contribution < -0.4 is 5.32 Å². The Morgan fingerprint density at radius 1 is 2.00 bits per heavy atom. The summed E-state index contributed by atoms with van der Waals surface area (Å²) < 4.78 is 0. The van der Waals surface area contributed by atoms with E-state index in [0.29, 0.717) is 0 Å². The first-order chi connectivity index (χ1) is 5.22. The molecule has 5 nitrogen and oxygen atoms in total. The van der Waals surface area contributed by atoms with E-state index >= 15 is 0 Å². The van der Waals surface area contributed by atoms with E-state index in [0.717, 1.165) is 0 Å². The van der Waals surface area contributed by atoms with Crippen LogP contribution in [0.3, 0.4) is 0 Å². The summed E-state index contributed by atoms with van der Waals surface area (Å²) in [6, 6.07) is -0.701. The maximum Gasteiger partial charge on any atom is 0.229 e. The second kappa shape index (κ2) is 5.15. The van der Waals surface area contributed by atoms with Crippen molar-refractivity contribution in [3.05, 3.63) is 10.4 Å². The molecule has 0 saturated carbocycles. The summed E-state index contributed by atoms with van der Waals surface area (Å²) in [6.45, 7) is 1.65. The lowest BCUT2D eigenvalue weighted by molar-refractivity contribution is -0.121. The van der Waals surface area contributed by atoms with Crippen molar-refractivity contribution >= 4 is 5.91 Å². The van der Waals surface area contributed by atoms with Crippen LogP contribution in [-0.4, -0.2) is 18.5 Å². The number of rotatable bonds is 3. The molecular formula is C6H8N4O. The molecule has 1 atom stereocenters. The fourth-order valence-electron chi connectivity index (χ4n) is 0.416. The first-order valence-electron chi connectivity index (χ1n) is 2.97. The number of hydrogen-bond donors (Lipinski definition) is 1. The highest BCUT2D eigenvalue weighted by atomic mass is 16.2. The molecule has 58 valence electrons. The van der Waals surface area contributed by atoms with E-state index in [4.69, 9.17) is 12.0 Å².